The minimum atomic E-state index is -0.229. The van der Waals surface area contributed by atoms with Crippen molar-refractivity contribution in [2.45, 2.75) is 20.4 Å². The Morgan fingerprint density at radius 2 is 1.97 bits per heavy atom. The molecule has 0 aliphatic heterocycles. The zero-order valence-electron chi connectivity index (χ0n) is 16.8. The van der Waals surface area contributed by atoms with Crippen molar-refractivity contribution in [2.24, 2.45) is 0 Å². The highest BCUT2D eigenvalue weighted by atomic mass is 32.1. The molecular formula is C22H22N4O3S. The summed E-state index contributed by atoms with van der Waals surface area (Å²) >= 11 is 1.61. The van der Waals surface area contributed by atoms with Crippen molar-refractivity contribution in [1.82, 2.24) is 19.9 Å². The molecule has 0 radical (unpaired) electrons. The Labute approximate surface area is 178 Å². The van der Waals surface area contributed by atoms with E-state index in [1.807, 2.05) is 55.6 Å². The minimum Gasteiger partial charge on any atom is -0.490 e. The molecular weight excluding hydrogens is 400 g/mol. The maximum Gasteiger partial charge on any atom is 0.257 e. The van der Waals surface area contributed by atoms with Gasteiger partial charge in [0.2, 0.25) is 0 Å². The van der Waals surface area contributed by atoms with Gasteiger partial charge in [-0.3, -0.25) is 4.79 Å². The highest BCUT2D eigenvalue weighted by molar-refractivity contribution is 7.13. The maximum atomic E-state index is 12.8. The normalized spacial score (nSPS) is 10.9. The van der Waals surface area contributed by atoms with Gasteiger partial charge in [-0.15, -0.1) is 11.3 Å². The summed E-state index contributed by atoms with van der Waals surface area (Å²) in [5, 5.41) is 9.33. The summed E-state index contributed by atoms with van der Waals surface area (Å²) in [7, 11) is 0. The van der Waals surface area contributed by atoms with Crippen LogP contribution in [0.3, 0.4) is 0 Å². The summed E-state index contributed by atoms with van der Waals surface area (Å²) in [5.74, 6) is 1.14. The molecule has 0 aliphatic carbocycles. The fourth-order valence-electron chi connectivity index (χ4n) is 3.15. The van der Waals surface area contributed by atoms with E-state index in [9.17, 15) is 4.79 Å². The second-order valence-corrected chi connectivity index (χ2v) is 7.38. The van der Waals surface area contributed by atoms with Gasteiger partial charge >= 0.3 is 0 Å². The van der Waals surface area contributed by atoms with Crippen LogP contribution in [0.4, 0.5) is 0 Å². The molecule has 0 unspecified atom stereocenters. The Kier molecular flexibility index (Phi) is 5.94. The van der Waals surface area contributed by atoms with Crippen LogP contribution >= 0.6 is 11.3 Å². The van der Waals surface area contributed by atoms with Crippen molar-refractivity contribution < 1.29 is 14.3 Å². The van der Waals surface area contributed by atoms with Crippen LogP contribution in [0.5, 0.6) is 11.5 Å². The van der Waals surface area contributed by atoms with Crippen LogP contribution < -0.4 is 14.8 Å². The molecule has 0 saturated heterocycles. The third kappa shape index (κ3) is 3.99. The largest absolute Gasteiger partial charge is 0.490 e. The maximum absolute atomic E-state index is 12.8. The number of fused-ring (bicyclic) bond motifs is 1. The first-order chi connectivity index (χ1) is 14.7. The lowest BCUT2D eigenvalue weighted by molar-refractivity contribution is 0.0952. The lowest BCUT2D eigenvalue weighted by atomic mass is 10.2. The molecule has 4 rings (SSSR count). The molecule has 0 aliphatic rings. The standard InChI is InChI=1S/C22H22N4O3S/c1-3-28-18-8-7-15(12-19(18)29-4-2)13-24-22(27)16-14-25-26-17(9-10-23-21(16)26)20-6-5-11-30-20/h5-12,14H,3-4,13H2,1-2H3,(H,24,27). The Morgan fingerprint density at radius 3 is 2.73 bits per heavy atom. The van der Waals surface area contributed by atoms with Crippen molar-refractivity contribution in [1.29, 1.82) is 0 Å². The SMILES string of the molecule is CCOc1ccc(CNC(=O)c2cnn3c(-c4cccs4)ccnc23)cc1OCC. The highest BCUT2D eigenvalue weighted by Gasteiger charge is 2.16. The predicted octanol–water partition coefficient (Wildman–Crippen LogP) is 4.19. The van der Waals surface area contributed by atoms with E-state index in [0.29, 0.717) is 42.5 Å². The second kappa shape index (κ2) is 8.96. The molecule has 0 spiro atoms. The third-order valence-corrected chi connectivity index (χ3v) is 5.37. The van der Waals surface area contributed by atoms with Gasteiger partial charge in [0, 0.05) is 12.7 Å². The number of amides is 1. The fourth-order valence-corrected chi connectivity index (χ4v) is 3.88. The molecule has 3 aromatic heterocycles. The van der Waals surface area contributed by atoms with E-state index in [0.717, 1.165) is 16.1 Å². The first kappa shape index (κ1) is 19.9. The third-order valence-electron chi connectivity index (χ3n) is 4.48. The lowest BCUT2D eigenvalue weighted by Gasteiger charge is -2.12. The molecule has 154 valence electrons. The zero-order chi connectivity index (χ0) is 20.9. The molecule has 7 nitrogen and oxygen atoms in total. The molecule has 8 heteroatoms. The summed E-state index contributed by atoms with van der Waals surface area (Å²) in [6, 6.07) is 11.6. The van der Waals surface area contributed by atoms with E-state index in [1.54, 1.807) is 28.2 Å². The predicted molar refractivity (Wildman–Crippen MR) is 116 cm³/mol. The van der Waals surface area contributed by atoms with Crippen LogP contribution in [0.15, 0.2) is 54.2 Å². The Hall–Kier alpha value is -3.39. The van der Waals surface area contributed by atoms with Gasteiger partial charge < -0.3 is 14.8 Å². The van der Waals surface area contributed by atoms with Gasteiger partial charge in [-0.05, 0) is 49.1 Å². The van der Waals surface area contributed by atoms with E-state index in [4.69, 9.17) is 9.47 Å². The molecule has 3 heterocycles. The van der Waals surface area contributed by atoms with Crippen molar-refractivity contribution in [3.63, 3.8) is 0 Å². The number of nitrogens with zero attached hydrogens (tertiary/aromatic N) is 3. The van der Waals surface area contributed by atoms with Crippen LogP contribution in [0, 0.1) is 0 Å². The topological polar surface area (TPSA) is 77.8 Å². The number of carbonyl (C=O) groups is 1. The second-order valence-electron chi connectivity index (χ2n) is 6.43. The Balaban J connectivity index is 1.53. The molecule has 1 N–H and O–H groups in total. The molecule has 4 aromatic rings. The van der Waals surface area contributed by atoms with Crippen LogP contribution in [-0.4, -0.2) is 33.7 Å². The van der Waals surface area contributed by atoms with Gasteiger partial charge in [-0.1, -0.05) is 12.1 Å². The number of hydrogen-bond acceptors (Lipinski definition) is 6. The molecule has 0 atom stereocenters. The molecule has 0 fully saturated rings. The number of carbonyl (C=O) groups excluding carboxylic acids is 1. The van der Waals surface area contributed by atoms with E-state index < -0.39 is 0 Å². The molecule has 0 bridgehead atoms. The van der Waals surface area contributed by atoms with Gasteiger partial charge in [-0.25, -0.2) is 9.50 Å². The summed E-state index contributed by atoms with van der Waals surface area (Å²) in [5.41, 5.74) is 2.78. The van der Waals surface area contributed by atoms with E-state index >= 15 is 0 Å². The van der Waals surface area contributed by atoms with Crippen molar-refractivity contribution in [3.8, 4) is 22.1 Å². The van der Waals surface area contributed by atoms with Crippen LogP contribution in [0.25, 0.3) is 16.2 Å². The zero-order valence-corrected chi connectivity index (χ0v) is 17.6. The highest BCUT2D eigenvalue weighted by Crippen LogP contribution is 2.29. The van der Waals surface area contributed by atoms with Crippen LogP contribution in [-0.2, 0) is 6.54 Å². The first-order valence-electron chi connectivity index (χ1n) is 9.74. The quantitative estimate of drug-likeness (QED) is 0.461. The number of thiophene rings is 1. The summed E-state index contributed by atoms with van der Waals surface area (Å²) in [6.45, 7) is 5.31. The molecule has 1 aromatic carbocycles. The Bertz CT molecular complexity index is 1150. The minimum absolute atomic E-state index is 0.229. The monoisotopic (exact) mass is 422 g/mol. The van der Waals surface area contributed by atoms with E-state index in [-0.39, 0.29) is 5.91 Å². The van der Waals surface area contributed by atoms with Crippen molar-refractivity contribution in [3.05, 3.63) is 65.3 Å². The smallest absolute Gasteiger partial charge is 0.257 e. The van der Waals surface area contributed by atoms with Gasteiger partial charge in [0.05, 0.1) is 30.0 Å². The van der Waals surface area contributed by atoms with Crippen LogP contribution in [0.2, 0.25) is 0 Å². The van der Waals surface area contributed by atoms with Gasteiger partial charge in [0.25, 0.3) is 5.91 Å². The number of benzene rings is 1. The number of ether oxygens (including phenoxy) is 2. The Morgan fingerprint density at radius 1 is 1.13 bits per heavy atom. The first-order valence-corrected chi connectivity index (χ1v) is 10.6. The summed E-state index contributed by atoms with van der Waals surface area (Å²) in [6.07, 6.45) is 3.25. The summed E-state index contributed by atoms with van der Waals surface area (Å²) < 4.78 is 12.9. The number of aromatic nitrogens is 3. The number of nitrogens with one attached hydrogen (secondary N) is 1. The molecule has 1 amide bonds. The van der Waals surface area contributed by atoms with E-state index in [1.165, 1.54) is 0 Å². The number of rotatable bonds is 8. The van der Waals surface area contributed by atoms with Crippen molar-refractivity contribution >= 4 is 22.9 Å². The molecule has 0 saturated carbocycles. The van der Waals surface area contributed by atoms with Gasteiger partial charge in [0.15, 0.2) is 17.1 Å². The number of hydrogen-bond donors (Lipinski definition) is 1. The van der Waals surface area contributed by atoms with Gasteiger partial charge in [0.1, 0.15) is 5.56 Å². The van der Waals surface area contributed by atoms with Gasteiger partial charge in [-0.2, -0.15) is 5.10 Å². The average Bonchev–Trinajstić information content (AvgIpc) is 3.44. The van der Waals surface area contributed by atoms with Crippen LogP contribution in [0.1, 0.15) is 29.8 Å². The van der Waals surface area contributed by atoms with E-state index in [2.05, 4.69) is 15.4 Å². The molecule has 30 heavy (non-hydrogen) atoms. The summed E-state index contributed by atoms with van der Waals surface area (Å²) in [4.78, 5) is 18.2. The van der Waals surface area contributed by atoms with Crippen molar-refractivity contribution in [2.75, 3.05) is 13.2 Å². The lowest BCUT2D eigenvalue weighted by Crippen LogP contribution is -2.22. The average molecular weight is 423 g/mol. The fraction of sp³-hybridized carbons (Fsp3) is 0.227.